The largest absolute Gasteiger partial charge is 0.492 e. The molecular weight excluding hydrogens is 480 g/mol. The van der Waals surface area contributed by atoms with E-state index in [2.05, 4.69) is 27.2 Å². The van der Waals surface area contributed by atoms with Crippen LogP contribution in [-0.4, -0.2) is 37.8 Å². The zero-order chi connectivity index (χ0) is 24.0. The summed E-state index contributed by atoms with van der Waals surface area (Å²) in [6.07, 6.45) is 2.88. The molecule has 0 unspecified atom stereocenters. The van der Waals surface area contributed by atoms with Gasteiger partial charge in [0.2, 0.25) is 10.0 Å². The Labute approximate surface area is 207 Å². The second kappa shape index (κ2) is 8.80. The van der Waals surface area contributed by atoms with Crippen molar-refractivity contribution in [1.82, 2.24) is 9.71 Å². The normalized spacial score (nSPS) is 14.3. The van der Waals surface area contributed by atoms with Gasteiger partial charge in [-0.05, 0) is 52.8 Å². The lowest BCUT2D eigenvalue weighted by Gasteiger charge is -2.18. The number of sulfonamides is 1. The fraction of sp³-hybridized carbons (Fsp3) is 0.185. The van der Waals surface area contributed by atoms with E-state index in [0.717, 1.165) is 43.2 Å². The molecule has 1 aliphatic rings. The maximum absolute atomic E-state index is 13.6. The third kappa shape index (κ3) is 4.02. The number of ether oxygens (including phenoxy) is 1. The van der Waals surface area contributed by atoms with Crippen LogP contribution in [-0.2, 0) is 22.9 Å². The second-order valence-electron chi connectivity index (χ2n) is 8.77. The summed E-state index contributed by atoms with van der Waals surface area (Å²) < 4.78 is 36.9. The van der Waals surface area contributed by atoms with Crippen molar-refractivity contribution in [2.24, 2.45) is 0 Å². The minimum Gasteiger partial charge on any atom is -0.492 e. The van der Waals surface area contributed by atoms with Gasteiger partial charge in [0.15, 0.2) is 0 Å². The quantitative estimate of drug-likeness (QED) is 0.295. The molecule has 0 saturated carbocycles. The number of rotatable bonds is 7. The van der Waals surface area contributed by atoms with Crippen LogP contribution in [0.5, 0.6) is 5.75 Å². The highest BCUT2D eigenvalue weighted by Gasteiger charge is 2.29. The van der Waals surface area contributed by atoms with Gasteiger partial charge >= 0.3 is 0 Å². The van der Waals surface area contributed by atoms with Gasteiger partial charge in [0, 0.05) is 45.2 Å². The molecule has 0 fully saturated rings. The third-order valence-electron chi connectivity index (χ3n) is 6.51. The lowest BCUT2D eigenvalue weighted by Crippen LogP contribution is -2.39. The molecule has 8 heteroatoms. The number of hydrogen-bond acceptors (Lipinski definition) is 5. The Balaban J connectivity index is 1.37. The molecule has 0 amide bonds. The molecule has 1 aliphatic heterocycles. The summed E-state index contributed by atoms with van der Waals surface area (Å²) in [5.41, 5.74) is 4.67. The fourth-order valence-corrected chi connectivity index (χ4v) is 7.23. The molecule has 3 heterocycles. The maximum atomic E-state index is 13.6. The molecule has 5 aromatic rings. The summed E-state index contributed by atoms with van der Waals surface area (Å²) in [7, 11) is -3.96. The van der Waals surface area contributed by atoms with E-state index in [0.29, 0.717) is 25.2 Å². The molecule has 178 valence electrons. The SMILES string of the molecule is O=S(=O)(N[C@@H](CO)Cc1c[nH]c2ccccc12)c1cc(-c2csc3ccccc23)cc2c1OCC2. The van der Waals surface area contributed by atoms with Crippen molar-refractivity contribution < 1.29 is 18.3 Å². The smallest absolute Gasteiger partial charge is 0.244 e. The number of aromatic nitrogens is 1. The van der Waals surface area contributed by atoms with Crippen molar-refractivity contribution in [2.45, 2.75) is 23.8 Å². The zero-order valence-electron chi connectivity index (χ0n) is 18.8. The molecule has 35 heavy (non-hydrogen) atoms. The highest BCUT2D eigenvalue weighted by Crippen LogP contribution is 2.41. The molecule has 1 atom stereocenters. The van der Waals surface area contributed by atoms with Crippen LogP contribution in [0.15, 0.2) is 77.1 Å². The predicted octanol–water partition coefficient (Wildman–Crippen LogP) is 4.87. The van der Waals surface area contributed by atoms with E-state index < -0.39 is 16.1 Å². The average molecular weight is 505 g/mol. The van der Waals surface area contributed by atoms with Gasteiger partial charge in [-0.1, -0.05) is 36.4 Å². The monoisotopic (exact) mass is 504 g/mol. The number of thiophene rings is 1. The van der Waals surface area contributed by atoms with E-state index in [1.54, 1.807) is 17.4 Å². The van der Waals surface area contributed by atoms with E-state index in [1.165, 1.54) is 0 Å². The Bertz CT molecular complexity index is 1650. The minimum atomic E-state index is -3.96. The molecule has 2 aromatic heterocycles. The topological polar surface area (TPSA) is 91.4 Å². The van der Waals surface area contributed by atoms with Crippen LogP contribution in [0.25, 0.3) is 32.1 Å². The van der Waals surface area contributed by atoms with E-state index >= 15 is 0 Å². The van der Waals surface area contributed by atoms with Crippen molar-refractivity contribution in [2.75, 3.05) is 13.2 Å². The van der Waals surface area contributed by atoms with E-state index in [1.807, 2.05) is 48.7 Å². The van der Waals surface area contributed by atoms with Crippen LogP contribution < -0.4 is 9.46 Å². The first-order valence-electron chi connectivity index (χ1n) is 11.5. The van der Waals surface area contributed by atoms with Crippen molar-refractivity contribution in [3.8, 4) is 16.9 Å². The second-order valence-corrected chi connectivity index (χ2v) is 11.4. The number of aliphatic hydroxyl groups excluding tert-OH is 1. The summed E-state index contributed by atoms with van der Waals surface area (Å²) in [6, 6.07) is 19.0. The standard InChI is InChI=1S/C27H24N2O4S2/c30-15-20(12-19-14-28-24-7-3-1-5-21(19)24)29-35(31,32)26-13-18(11-17-9-10-33-27(17)26)23-16-34-25-8-4-2-6-22(23)25/h1-8,11,13-14,16,20,28-30H,9-10,12,15H2/t20-/m1/s1. The van der Waals surface area contributed by atoms with Gasteiger partial charge in [-0.25, -0.2) is 13.1 Å². The van der Waals surface area contributed by atoms with E-state index in [-0.39, 0.29) is 11.5 Å². The Morgan fingerprint density at radius 3 is 2.74 bits per heavy atom. The van der Waals surface area contributed by atoms with Crippen LogP contribution in [0.2, 0.25) is 0 Å². The lowest BCUT2D eigenvalue weighted by molar-refractivity contribution is 0.256. The molecule has 3 aromatic carbocycles. The Kier molecular flexibility index (Phi) is 5.61. The molecular formula is C27H24N2O4S2. The van der Waals surface area contributed by atoms with Gasteiger partial charge < -0.3 is 14.8 Å². The first kappa shape index (κ1) is 22.3. The molecule has 3 N–H and O–H groups in total. The molecule has 0 radical (unpaired) electrons. The highest BCUT2D eigenvalue weighted by atomic mass is 32.2. The Morgan fingerprint density at radius 2 is 1.89 bits per heavy atom. The lowest BCUT2D eigenvalue weighted by atomic mass is 10.0. The van der Waals surface area contributed by atoms with Gasteiger partial charge in [-0.15, -0.1) is 11.3 Å². The molecule has 0 aliphatic carbocycles. The number of benzene rings is 3. The Hall–Kier alpha value is -3.17. The highest BCUT2D eigenvalue weighted by molar-refractivity contribution is 7.89. The van der Waals surface area contributed by atoms with Gasteiger partial charge in [0.05, 0.1) is 13.2 Å². The predicted molar refractivity (Wildman–Crippen MR) is 140 cm³/mol. The van der Waals surface area contributed by atoms with Gasteiger partial charge in [0.25, 0.3) is 0 Å². The molecule has 0 saturated heterocycles. The molecule has 0 bridgehead atoms. The number of para-hydroxylation sites is 1. The summed E-state index contributed by atoms with van der Waals surface area (Å²) in [4.78, 5) is 3.33. The van der Waals surface area contributed by atoms with Crippen molar-refractivity contribution >= 4 is 42.3 Å². The molecule has 6 rings (SSSR count). The fourth-order valence-electron chi connectivity index (χ4n) is 4.82. The average Bonchev–Trinajstić information content (AvgIpc) is 3.61. The van der Waals surface area contributed by atoms with Crippen molar-refractivity contribution in [1.29, 1.82) is 0 Å². The number of fused-ring (bicyclic) bond motifs is 3. The summed E-state index contributed by atoms with van der Waals surface area (Å²) >= 11 is 1.64. The van der Waals surface area contributed by atoms with E-state index in [4.69, 9.17) is 4.74 Å². The zero-order valence-corrected chi connectivity index (χ0v) is 20.5. The number of nitrogens with one attached hydrogen (secondary N) is 2. The van der Waals surface area contributed by atoms with Gasteiger partial charge in [-0.2, -0.15) is 0 Å². The van der Waals surface area contributed by atoms with Crippen molar-refractivity contribution in [3.63, 3.8) is 0 Å². The van der Waals surface area contributed by atoms with Crippen LogP contribution in [0, 0.1) is 0 Å². The number of aromatic amines is 1. The van der Waals surface area contributed by atoms with E-state index in [9.17, 15) is 13.5 Å². The van der Waals surface area contributed by atoms with Crippen LogP contribution >= 0.6 is 11.3 Å². The molecule has 0 spiro atoms. The number of H-pyrrole nitrogens is 1. The molecule has 6 nitrogen and oxygen atoms in total. The van der Waals surface area contributed by atoms with Crippen LogP contribution in [0.1, 0.15) is 11.1 Å². The summed E-state index contributed by atoms with van der Waals surface area (Å²) in [5.74, 6) is 0.407. The number of aliphatic hydroxyl groups is 1. The van der Waals surface area contributed by atoms with Gasteiger partial charge in [0.1, 0.15) is 10.6 Å². The Morgan fingerprint density at radius 1 is 1.09 bits per heavy atom. The first-order valence-corrected chi connectivity index (χ1v) is 13.8. The third-order valence-corrected chi connectivity index (χ3v) is 9.00. The maximum Gasteiger partial charge on any atom is 0.244 e. The first-order chi connectivity index (χ1) is 17.0. The van der Waals surface area contributed by atoms with Gasteiger partial charge in [-0.3, -0.25) is 0 Å². The van der Waals surface area contributed by atoms with Crippen LogP contribution in [0.3, 0.4) is 0 Å². The summed E-state index contributed by atoms with van der Waals surface area (Å²) in [5, 5.41) is 14.2. The van der Waals surface area contributed by atoms with Crippen molar-refractivity contribution in [3.05, 3.63) is 83.4 Å². The van der Waals surface area contributed by atoms with Crippen LogP contribution in [0.4, 0.5) is 0 Å². The summed E-state index contributed by atoms with van der Waals surface area (Å²) in [6.45, 7) is 0.126. The minimum absolute atomic E-state index is 0.121. The number of hydrogen-bond donors (Lipinski definition) is 3.